The van der Waals surface area contributed by atoms with E-state index in [-0.39, 0.29) is 11.5 Å². The second kappa shape index (κ2) is 6.47. The molecule has 3 aromatic rings. The first kappa shape index (κ1) is 16.1. The van der Waals surface area contributed by atoms with Gasteiger partial charge in [-0.25, -0.2) is 19.9 Å². The van der Waals surface area contributed by atoms with E-state index in [0.717, 1.165) is 22.5 Å². The average Bonchev–Trinajstić information content (AvgIpc) is 2.69. The van der Waals surface area contributed by atoms with E-state index in [4.69, 9.17) is 0 Å². The molecule has 4 rings (SSSR count). The third-order valence-electron chi connectivity index (χ3n) is 4.53. The molecule has 0 atom stereocenters. The zero-order chi connectivity index (χ0) is 18.1. The van der Waals surface area contributed by atoms with E-state index in [2.05, 4.69) is 19.9 Å². The molecule has 26 heavy (non-hydrogen) atoms. The molecule has 1 amide bonds. The van der Waals surface area contributed by atoms with Gasteiger partial charge in [-0.2, -0.15) is 0 Å². The Labute approximate surface area is 149 Å². The molecule has 4 heterocycles. The standard InChI is InChI=1S/C18H16N6O2/c1-23-15(3-2-4-16(23)25)18(26)24-6-5-14-13(9-24)17(22-11-21-14)12-7-19-10-20-8-12/h2-4,7-8,10-11H,5-6,9H2,1H3. The van der Waals surface area contributed by atoms with Gasteiger partial charge in [-0.05, 0) is 6.07 Å². The maximum Gasteiger partial charge on any atom is 0.270 e. The quantitative estimate of drug-likeness (QED) is 0.681. The predicted octanol–water partition coefficient (Wildman–Crippen LogP) is 0.831. The summed E-state index contributed by atoms with van der Waals surface area (Å²) in [6.07, 6.45) is 7.00. The summed E-state index contributed by atoms with van der Waals surface area (Å²) in [6, 6.07) is 4.69. The van der Waals surface area contributed by atoms with Crippen LogP contribution >= 0.6 is 0 Å². The third kappa shape index (κ3) is 2.75. The summed E-state index contributed by atoms with van der Waals surface area (Å²) in [6.45, 7) is 0.916. The van der Waals surface area contributed by atoms with Gasteiger partial charge >= 0.3 is 0 Å². The van der Waals surface area contributed by atoms with E-state index in [1.807, 2.05) is 0 Å². The first-order valence-corrected chi connectivity index (χ1v) is 8.18. The Morgan fingerprint density at radius 3 is 2.73 bits per heavy atom. The fraction of sp³-hybridized carbons (Fsp3) is 0.222. The van der Waals surface area contributed by atoms with Gasteiger partial charge < -0.3 is 9.47 Å². The molecule has 0 saturated carbocycles. The molecule has 3 aromatic heterocycles. The number of rotatable bonds is 2. The number of aromatic nitrogens is 5. The molecule has 130 valence electrons. The molecule has 0 spiro atoms. The van der Waals surface area contributed by atoms with E-state index in [9.17, 15) is 9.59 Å². The van der Waals surface area contributed by atoms with Crippen LogP contribution in [0.1, 0.15) is 21.7 Å². The normalized spacial score (nSPS) is 13.3. The number of nitrogens with zero attached hydrogens (tertiary/aromatic N) is 6. The zero-order valence-electron chi connectivity index (χ0n) is 14.2. The summed E-state index contributed by atoms with van der Waals surface area (Å²) in [4.78, 5) is 43.3. The second-order valence-electron chi connectivity index (χ2n) is 6.06. The van der Waals surface area contributed by atoms with Crippen molar-refractivity contribution < 1.29 is 4.79 Å². The van der Waals surface area contributed by atoms with Crippen molar-refractivity contribution in [3.63, 3.8) is 0 Å². The summed E-state index contributed by atoms with van der Waals surface area (Å²) in [7, 11) is 1.60. The second-order valence-corrected chi connectivity index (χ2v) is 6.06. The Morgan fingerprint density at radius 1 is 1.12 bits per heavy atom. The maximum absolute atomic E-state index is 12.9. The molecule has 1 aliphatic heterocycles. The van der Waals surface area contributed by atoms with Gasteiger partial charge in [0.2, 0.25) is 0 Å². The maximum atomic E-state index is 12.9. The van der Waals surface area contributed by atoms with Gasteiger partial charge in [-0.3, -0.25) is 9.59 Å². The summed E-state index contributed by atoms with van der Waals surface area (Å²) in [5.41, 5.74) is 3.48. The largest absolute Gasteiger partial charge is 0.333 e. The van der Waals surface area contributed by atoms with Crippen LogP contribution in [0.3, 0.4) is 0 Å². The van der Waals surface area contributed by atoms with Crippen molar-refractivity contribution in [1.29, 1.82) is 0 Å². The van der Waals surface area contributed by atoms with Crippen molar-refractivity contribution >= 4 is 5.91 Å². The number of fused-ring (bicyclic) bond motifs is 1. The van der Waals surface area contributed by atoms with Gasteiger partial charge in [-0.15, -0.1) is 0 Å². The van der Waals surface area contributed by atoms with E-state index in [1.165, 1.54) is 23.3 Å². The lowest BCUT2D eigenvalue weighted by atomic mass is 10.0. The molecule has 0 saturated heterocycles. The summed E-state index contributed by atoms with van der Waals surface area (Å²) < 4.78 is 1.37. The topological polar surface area (TPSA) is 93.9 Å². The highest BCUT2D eigenvalue weighted by molar-refractivity contribution is 5.92. The monoisotopic (exact) mass is 348 g/mol. The van der Waals surface area contributed by atoms with Crippen LogP contribution in [0.2, 0.25) is 0 Å². The van der Waals surface area contributed by atoms with Crippen LogP contribution in [0.15, 0.2) is 48.0 Å². The van der Waals surface area contributed by atoms with Gasteiger partial charge in [0.25, 0.3) is 11.5 Å². The summed E-state index contributed by atoms with van der Waals surface area (Å²) in [5.74, 6) is -0.185. The molecule has 0 aromatic carbocycles. The Hall–Kier alpha value is -3.42. The zero-order valence-corrected chi connectivity index (χ0v) is 14.2. The van der Waals surface area contributed by atoms with Crippen LogP contribution in [0.25, 0.3) is 11.3 Å². The van der Waals surface area contributed by atoms with Crippen molar-refractivity contribution in [2.75, 3.05) is 6.54 Å². The van der Waals surface area contributed by atoms with Crippen molar-refractivity contribution in [2.24, 2.45) is 7.05 Å². The van der Waals surface area contributed by atoms with Crippen LogP contribution in [0.4, 0.5) is 0 Å². The van der Waals surface area contributed by atoms with Crippen LogP contribution in [0, 0.1) is 0 Å². The fourth-order valence-corrected chi connectivity index (χ4v) is 3.13. The average molecular weight is 348 g/mol. The van der Waals surface area contributed by atoms with E-state index >= 15 is 0 Å². The minimum atomic E-state index is -0.210. The van der Waals surface area contributed by atoms with E-state index < -0.39 is 0 Å². The van der Waals surface area contributed by atoms with Crippen molar-refractivity contribution in [3.05, 3.63) is 70.6 Å². The Kier molecular flexibility index (Phi) is 4.00. The molecular formula is C18H16N6O2. The van der Waals surface area contributed by atoms with Gasteiger partial charge in [0.15, 0.2) is 0 Å². The first-order valence-electron chi connectivity index (χ1n) is 8.18. The smallest absolute Gasteiger partial charge is 0.270 e. The molecular weight excluding hydrogens is 332 g/mol. The number of pyridine rings is 1. The Bertz CT molecular complexity index is 1030. The van der Waals surface area contributed by atoms with Gasteiger partial charge in [0.05, 0.1) is 11.4 Å². The first-order chi connectivity index (χ1) is 12.6. The van der Waals surface area contributed by atoms with E-state index in [0.29, 0.717) is 25.2 Å². The number of carbonyl (C=O) groups is 1. The van der Waals surface area contributed by atoms with Gasteiger partial charge in [0.1, 0.15) is 18.3 Å². The predicted molar refractivity (Wildman–Crippen MR) is 93.2 cm³/mol. The summed E-state index contributed by atoms with van der Waals surface area (Å²) in [5, 5.41) is 0. The Balaban J connectivity index is 1.71. The van der Waals surface area contributed by atoms with Crippen LogP contribution < -0.4 is 5.56 Å². The molecule has 0 bridgehead atoms. The lowest BCUT2D eigenvalue weighted by Gasteiger charge is -2.29. The molecule has 1 aliphatic rings. The minimum Gasteiger partial charge on any atom is -0.333 e. The van der Waals surface area contributed by atoms with Crippen LogP contribution in [0.5, 0.6) is 0 Å². The molecule has 8 nitrogen and oxygen atoms in total. The minimum absolute atomic E-state index is 0.185. The molecule has 0 unspecified atom stereocenters. The molecule has 0 radical (unpaired) electrons. The Morgan fingerprint density at radius 2 is 1.92 bits per heavy atom. The molecule has 0 N–H and O–H groups in total. The number of hydrogen-bond acceptors (Lipinski definition) is 6. The van der Waals surface area contributed by atoms with Crippen molar-refractivity contribution in [3.8, 4) is 11.3 Å². The highest BCUT2D eigenvalue weighted by Gasteiger charge is 2.26. The third-order valence-corrected chi connectivity index (χ3v) is 4.53. The van der Waals surface area contributed by atoms with Gasteiger partial charge in [0, 0.05) is 56.1 Å². The highest BCUT2D eigenvalue weighted by Crippen LogP contribution is 2.27. The molecule has 8 heteroatoms. The van der Waals surface area contributed by atoms with Crippen molar-refractivity contribution in [1.82, 2.24) is 29.4 Å². The van der Waals surface area contributed by atoms with Crippen LogP contribution in [-0.4, -0.2) is 41.9 Å². The molecule has 0 fully saturated rings. The lowest BCUT2D eigenvalue weighted by Crippen LogP contribution is -2.39. The number of amides is 1. The SMILES string of the molecule is Cn1c(C(=O)N2CCc3ncnc(-c4cncnc4)c3C2)cccc1=O. The summed E-state index contributed by atoms with van der Waals surface area (Å²) >= 11 is 0. The van der Waals surface area contributed by atoms with Crippen LogP contribution in [-0.2, 0) is 20.0 Å². The van der Waals surface area contributed by atoms with Gasteiger partial charge in [-0.1, -0.05) is 6.07 Å². The molecule has 0 aliphatic carbocycles. The van der Waals surface area contributed by atoms with Crippen molar-refractivity contribution in [2.45, 2.75) is 13.0 Å². The fourth-order valence-electron chi connectivity index (χ4n) is 3.13. The lowest BCUT2D eigenvalue weighted by molar-refractivity contribution is 0.0722. The highest BCUT2D eigenvalue weighted by atomic mass is 16.2. The number of carbonyl (C=O) groups excluding carboxylic acids is 1. The number of hydrogen-bond donors (Lipinski definition) is 0. The van der Waals surface area contributed by atoms with E-state index in [1.54, 1.807) is 36.5 Å².